The van der Waals surface area contributed by atoms with Crippen molar-refractivity contribution in [2.45, 2.75) is 48.0 Å². The molecule has 1 aliphatic rings. The number of nitrogens with one attached hydrogen (secondary N) is 2. The molecule has 4 N–H and O–H groups in total. The molecule has 3 aromatic rings. The monoisotopic (exact) mass is 633 g/mol. The summed E-state index contributed by atoms with van der Waals surface area (Å²) in [6.07, 6.45) is -1.56. The molecule has 1 aromatic heterocycles. The van der Waals surface area contributed by atoms with Crippen LogP contribution >= 0.6 is 11.6 Å². The Morgan fingerprint density at radius 1 is 1.19 bits per heavy atom. The average Bonchev–Trinajstić information content (AvgIpc) is 2.92. The van der Waals surface area contributed by atoms with Gasteiger partial charge in [-0.2, -0.15) is 13.2 Å². The van der Waals surface area contributed by atoms with Crippen LogP contribution in [0.5, 0.6) is 0 Å². The fraction of sp³-hybridized carbons (Fsp3) is 0.346. The molecule has 0 radical (unpaired) electrons. The van der Waals surface area contributed by atoms with Gasteiger partial charge in [-0.3, -0.25) is 9.52 Å². The second-order valence-corrected chi connectivity index (χ2v) is 11.8. The Kier molecular flexibility index (Phi) is 10.4. The Morgan fingerprint density at radius 2 is 1.88 bits per heavy atom. The Labute approximate surface area is 244 Å². The fourth-order valence-corrected chi connectivity index (χ4v) is 6.10. The van der Waals surface area contributed by atoms with Gasteiger partial charge in [0.1, 0.15) is 22.9 Å². The second kappa shape index (κ2) is 13.2. The van der Waals surface area contributed by atoms with Crippen LogP contribution in [0.1, 0.15) is 30.4 Å². The molecule has 0 unspecified atom stereocenters. The molecule has 0 aliphatic heterocycles. The van der Waals surface area contributed by atoms with Crippen molar-refractivity contribution in [3.05, 3.63) is 77.0 Å². The van der Waals surface area contributed by atoms with Gasteiger partial charge in [0, 0.05) is 18.3 Å². The van der Waals surface area contributed by atoms with Crippen molar-refractivity contribution in [1.29, 1.82) is 0 Å². The largest absolute Gasteiger partial charge is 0.483 e. The lowest BCUT2D eigenvalue weighted by Gasteiger charge is -2.45. The molecule has 0 amide bonds. The smallest absolute Gasteiger partial charge is 0.416 e. The summed E-state index contributed by atoms with van der Waals surface area (Å²) in [6, 6.07) is 7.13. The highest BCUT2D eigenvalue weighted by Crippen LogP contribution is 2.42. The Hall–Kier alpha value is -3.53. The van der Waals surface area contributed by atoms with E-state index < -0.39 is 38.1 Å². The number of alkyl halides is 3. The highest BCUT2D eigenvalue weighted by Gasteiger charge is 2.43. The number of carbonyl (C=O) groups is 1. The normalized spacial score (nSPS) is 20.8. The van der Waals surface area contributed by atoms with Crippen LogP contribution in [0.15, 0.2) is 59.9 Å². The van der Waals surface area contributed by atoms with Crippen molar-refractivity contribution in [1.82, 2.24) is 14.9 Å². The first kappa shape index (κ1) is 33.0. The van der Waals surface area contributed by atoms with Gasteiger partial charge in [0.15, 0.2) is 0 Å². The summed E-state index contributed by atoms with van der Waals surface area (Å²) < 4.78 is 82.4. The zero-order chi connectivity index (χ0) is 31.3. The maximum atomic E-state index is 15.0. The van der Waals surface area contributed by atoms with E-state index in [0.717, 1.165) is 30.6 Å². The number of likely N-dealkylation sites (N-methyl/N-ethyl adjacent to an activating group) is 1. The highest BCUT2D eigenvalue weighted by molar-refractivity contribution is 7.92. The van der Waals surface area contributed by atoms with E-state index in [1.807, 2.05) is 4.90 Å². The number of anilines is 2. The number of hydrogen-bond donors (Lipinski definition) is 4. The number of benzene rings is 2. The van der Waals surface area contributed by atoms with Gasteiger partial charge < -0.3 is 20.4 Å². The molecular weight excluding hydrogens is 606 g/mol. The number of hydrogen-bond acceptors (Lipinski definition) is 8. The molecule has 228 valence electrons. The van der Waals surface area contributed by atoms with E-state index in [0.29, 0.717) is 6.42 Å². The summed E-state index contributed by atoms with van der Waals surface area (Å²) in [7, 11) is -0.834. The summed E-state index contributed by atoms with van der Waals surface area (Å²) in [5.74, 6) is -1.10. The number of sulfonamides is 1. The fourth-order valence-electron chi connectivity index (χ4n) is 4.72. The number of rotatable bonds is 7. The molecular formula is C26H28ClF4N5O5S. The third kappa shape index (κ3) is 7.85. The quantitative estimate of drug-likeness (QED) is 0.217. The van der Waals surface area contributed by atoms with Crippen LogP contribution in [0.4, 0.5) is 29.1 Å². The molecule has 4 rings (SSSR count). The van der Waals surface area contributed by atoms with Crippen molar-refractivity contribution in [3.8, 4) is 0 Å². The molecule has 2 aromatic carbocycles. The summed E-state index contributed by atoms with van der Waals surface area (Å²) in [4.78, 5) is 16.9. The van der Waals surface area contributed by atoms with Gasteiger partial charge in [-0.05, 0) is 69.3 Å². The minimum atomic E-state index is -4.54. The van der Waals surface area contributed by atoms with Gasteiger partial charge in [0.05, 0.1) is 21.9 Å². The van der Waals surface area contributed by atoms with Gasteiger partial charge in [-0.15, -0.1) is 0 Å². The van der Waals surface area contributed by atoms with Crippen LogP contribution in [-0.2, 0) is 26.6 Å². The van der Waals surface area contributed by atoms with Crippen molar-refractivity contribution in [3.63, 3.8) is 0 Å². The van der Waals surface area contributed by atoms with Gasteiger partial charge in [-0.1, -0.05) is 23.7 Å². The Morgan fingerprint density at radius 3 is 2.48 bits per heavy atom. The first-order valence-corrected chi connectivity index (χ1v) is 14.2. The first-order valence-electron chi connectivity index (χ1n) is 12.3. The standard InChI is InChI=1S/C25H26ClF4N5O3S.CH2O2/c1-35(2)21-13-24(36,15-4-3-5-16(10-15)25(28,29)30)8-6-19(21)33-20-12-18(27)22(11-17(20)26)39(37,38)34-23-7-9-31-14-32-23;2-1-3/h3-5,7,9-12,14,19,21,33,36H,6,8,13H2,1-2H3,(H,31,32,34);1H,(H,2,3)/t19-,21-,24+;/m1./s1. The van der Waals surface area contributed by atoms with E-state index in [9.17, 15) is 26.7 Å². The SMILES string of the molecule is CN(C)[C@@H]1C[C@](O)(c2cccc(C(F)(F)F)c2)CC[C@H]1Nc1cc(F)c(S(=O)(=O)Nc2ccncn2)cc1Cl.O=CO. The second-order valence-electron chi connectivity index (χ2n) is 9.70. The van der Waals surface area contributed by atoms with E-state index in [4.69, 9.17) is 21.5 Å². The lowest BCUT2D eigenvalue weighted by Crippen LogP contribution is -2.52. The zero-order valence-electron chi connectivity index (χ0n) is 22.3. The van der Waals surface area contributed by atoms with E-state index in [-0.39, 0.29) is 53.5 Å². The Bertz CT molecular complexity index is 1500. The molecule has 16 heteroatoms. The summed E-state index contributed by atoms with van der Waals surface area (Å²) >= 11 is 6.35. The van der Waals surface area contributed by atoms with Crippen LogP contribution in [-0.4, -0.2) is 66.1 Å². The molecule has 10 nitrogen and oxygen atoms in total. The number of nitrogens with zero attached hydrogens (tertiary/aromatic N) is 3. The van der Waals surface area contributed by atoms with E-state index in [1.165, 1.54) is 24.4 Å². The number of carboxylic acid groups (broad SMARTS) is 1. The zero-order valence-corrected chi connectivity index (χ0v) is 23.9. The van der Waals surface area contributed by atoms with Crippen molar-refractivity contribution < 1.29 is 41.0 Å². The lowest BCUT2D eigenvalue weighted by molar-refractivity contribution is -0.137. The molecule has 0 bridgehead atoms. The third-order valence-corrected chi connectivity index (χ3v) is 8.43. The van der Waals surface area contributed by atoms with E-state index in [1.54, 1.807) is 14.1 Å². The molecule has 0 saturated heterocycles. The maximum Gasteiger partial charge on any atom is 0.416 e. The van der Waals surface area contributed by atoms with Crippen LogP contribution in [0, 0.1) is 5.82 Å². The molecule has 1 aliphatic carbocycles. The minimum Gasteiger partial charge on any atom is -0.483 e. The maximum absolute atomic E-state index is 15.0. The van der Waals surface area contributed by atoms with Crippen LogP contribution in [0.2, 0.25) is 5.02 Å². The summed E-state index contributed by atoms with van der Waals surface area (Å²) in [6.45, 7) is -0.250. The van der Waals surface area contributed by atoms with Crippen LogP contribution in [0.3, 0.4) is 0 Å². The van der Waals surface area contributed by atoms with E-state index >= 15 is 4.39 Å². The number of halogens is 5. The minimum absolute atomic E-state index is 0.0491. The van der Waals surface area contributed by atoms with Crippen LogP contribution < -0.4 is 10.0 Å². The molecule has 3 atom stereocenters. The summed E-state index contributed by atoms with van der Waals surface area (Å²) in [5, 5.41) is 21.4. The number of aromatic nitrogens is 2. The predicted octanol–water partition coefficient (Wildman–Crippen LogP) is 4.57. The molecule has 1 fully saturated rings. The summed E-state index contributed by atoms with van der Waals surface area (Å²) in [5.41, 5.74) is -2.07. The molecule has 42 heavy (non-hydrogen) atoms. The predicted molar refractivity (Wildman–Crippen MR) is 147 cm³/mol. The van der Waals surface area contributed by atoms with Crippen LogP contribution in [0.25, 0.3) is 0 Å². The number of aliphatic hydroxyl groups is 1. The Balaban J connectivity index is 0.00000155. The molecule has 1 saturated carbocycles. The van der Waals surface area contributed by atoms with Crippen molar-refractivity contribution >= 4 is 39.6 Å². The molecule has 0 spiro atoms. The topological polar surface area (TPSA) is 145 Å². The van der Waals surface area contributed by atoms with Crippen molar-refractivity contribution in [2.24, 2.45) is 0 Å². The average molecular weight is 634 g/mol. The van der Waals surface area contributed by atoms with Gasteiger partial charge >= 0.3 is 6.18 Å². The van der Waals surface area contributed by atoms with Gasteiger partial charge in [0.2, 0.25) is 0 Å². The lowest BCUT2D eigenvalue weighted by atomic mass is 9.74. The first-order chi connectivity index (χ1) is 19.6. The van der Waals surface area contributed by atoms with Gasteiger partial charge in [0.25, 0.3) is 16.5 Å². The molecule has 1 heterocycles. The van der Waals surface area contributed by atoms with Gasteiger partial charge in [-0.25, -0.2) is 22.8 Å². The third-order valence-electron chi connectivity index (χ3n) is 6.74. The highest BCUT2D eigenvalue weighted by atomic mass is 35.5. The van der Waals surface area contributed by atoms with E-state index in [2.05, 4.69) is 20.0 Å². The van der Waals surface area contributed by atoms with Crippen molar-refractivity contribution in [2.75, 3.05) is 24.1 Å².